The molecule has 0 aliphatic carbocycles. The molecule has 0 spiro atoms. The Kier molecular flexibility index (Phi) is 5.86. The number of nitrogens with one attached hydrogen (secondary N) is 1. The van der Waals surface area contributed by atoms with E-state index in [-0.39, 0.29) is 12.5 Å². The Morgan fingerprint density at radius 3 is 2.32 bits per heavy atom. The van der Waals surface area contributed by atoms with Crippen LogP contribution in [0.5, 0.6) is 23.1 Å². The Bertz CT molecular complexity index is 1540. The van der Waals surface area contributed by atoms with Gasteiger partial charge >= 0.3 is 0 Å². The van der Waals surface area contributed by atoms with Gasteiger partial charge < -0.3 is 19.5 Å². The van der Waals surface area contributed by atoms with Crippen molar-refractivity contribution < 1.29 is 19.0 Å². The number of nitrogens with zero attached hydrogens (tertiary/aromatic N) is 4. The van der Waals surface area contributed by atoms with E-state index in [1.807, 2.05) is 72.8 Å². The molecule has 0 fully saturated rings. The highest BCUT2D eigenvalue weighted by molar-refractivity contribution is 5.89. The van der Waals surface area contributed by atoms with Crippen molar-refractivity contribution in [1.82, 2.24) is 25.1 Å². The molecule has 0 saturated heterocycles. The lowest BCUT2D eigenvalue weighted by Crippen LogP contribution is -2.34. The molecule has 1 N–H and O–H groups in total. The summed E-state index contributed by atoms with van der Waals surface area (Å²) in [5.74, 6) is 2.56. The molecule has 6 rings (SSSR count). The third-order valence-corrected chi connectivity index (χ3v) is 6.18. The van der Waals surface area contributed by atoms with Gasteiger partial charge in [0.1, 0.15) is 23.9 Å². The van der Waals surface area contributed by atoms with Gasteiger partial charge in [0, 0.05) is 22.8 Å². The summed E-state index contributed by atoms with van der Waals surface area (Å²) in [4.78, 5) is 13.3. The topological polar surface area (TPSA) is 99.9 Å². The summed E-state index contributed by atoms with van der Waals surface area (Å²) in [5.41, 5.74) is 3.13. The predicted octanol–water partition coefficient (Wildman–Crippen LogP) is 4.23. The number of rotatable bonds is 7. The fourth-order valence-corrected chi connectivity index (χ4v) is 4.39. The van der Waals surface area contributed by atoms with E-state index >= 15 is 0 Å². The van der Waals surface area contributed by atoms with Gasteiger partial charge in [0.15, 0.2) is 11.5 Å². The molecule has 184 valence electrons. The van der Waals surface area contributed by atoms with Gasteiger partial charge in [-0.25, -0.2) is 0 Å². The van der Waals surface area contributed by atoms with Crippen molar-refractivity contribution in [3.8, 4) is 34.5 Å². The van der Waals surface area contributed by atoms with Gasteiger partial charge in [-0.1, -0.05) is 36.4 Å². The predicted molar refractivity (Wildman–Crippen MR) is 136 cm³/mol. The molecular formula is C28H23N5O4. The summed E-state index contributed by atoms with van der Waals surface area (Å²) >= 11 is 0. The standard InChI is InChI=1S/C28H23N5O4/c1-35-19-12-10-18(11-13-19)27-31-30-24-14-15-25(32-33(24)27)36-17-16-29-28(34)26-20-6-2-4-8-22(20)37-23-9-5-3-7-21(23)26/h2-15,26H,16-17H2,1H3,(H,29,34). The quantitative estimate of drug-likeness (QED) is 0.339. The summed E-state index contributed by atoms with van der Waals surface area (Å²) in [6, 6.07) is 26.2. The van der Waals surface area contributed by atoms with E-state index in [1.165, 1.54) is 0 Å². The number of fused-ring (bicyclic) bond motifs is 3. The maximum absolute atomic E-state index is 13.3. The van der Waals surface area contributed by atoms with E-state index in [0.717, 1.165) is 22.4 Å². The van der Waals surface area contributed by atoms with E-state index in [1.54, 1.807) is 23.8 Å². The molecule has 0 radical (unpaired) electrons. The summed E-state index contributed by atoms with van der Waals surface area (Å²) in [5, 5.41) is 16.0. The molecule has 3 heterocycles. The third kappa shape index (κ3) is 4.31. The molecule has 0 bridgehead atoms. The second-order valence-electron chi connectivity index (χ2n) is 8.44. The lowest BCUT2D eigenvalue weighted by molar-refractivity contribution is -0.121. The largest absolute Gasteiger partial charge is 0.497 e. The summed E-state index contributed by atoms with van der Waals surface area (Å²) in [7, 11) is 1.62. The first-order valence-electron chi connectivity index (χ1n) is 11.8. The molecule has 0 unspecified atom stereocenters. The summed E-state index contributed by atoms with van der Waals surface area (Å²) in [6.45, 7) is 0.560. The fourth-order valence-electron chi connectivity index (χ4n) is 4.39. The monoisotopic (exact) mass is 493 g/mol. The molecule has 0 saturated carbocycles. The molecule has 2 aromatic heterocycles. The minimum Gasteiger partial charge on any atom is -0.497 e. The number of aromatic nitrogens is 4. The zero-order chi connectivity index (χ0) is 25.2. The van der Waals surface area contributed by atoms with Crippen LogP contribution < -0.4 is 19.5 Å². The van der Waals surface area contributed by atoms with Gasteiger partial charge in [0.05, 0.1) is 19.6 Å². The van der Waals surface area contributed by atoms with Crippen LogP contribution in [0.4, 0.5) is 0 Å². The first-order chi connectivity index (χ1) is 18.2. The van der Waals surface area contributed by atoms with Crippen molar-refractivity contribution in [3.63, 3.8) is 0 Å². The van der Waals surface area contributed by atoms with Crippen LogP contribution in [-0.4, -0.2) is 46.0 Å². The number of benzene rings is 3. The highest BCUT2D eigenvalue weighted by atomic mass is 16.5. The normalized spacial score (nSPS) is 12.4. The Labute approximate surface area is 212 Å². The molecule has 37 heavy (non-hydrogen) atoms. The average Bonchev–Trinajstić information content (AvgIpc) is 3.37. The number of methoxy groups -OCH3 is 1. The van der Waals surface area contributed by atoms with Crippen molar-refractivity contribution in [2.75, 3.05) is 20.3 Å². The number of hydrogen-bond donors (Lipinski definition) is 1. The SMILES string of the molecule is COc1ccc(-c2nnc3ccc(OCCNC(=O)C4c5ccccc5Oc5ccccc54)nn23)cc1. The van der Waals surface area contributed by atoms with E-state index in [2.05, 4.69) is 20.6 Å². The first-order valence-corrected chi connectivity index (χ1v) is 11.8. The summed E-state index contributed by atoms with van der Waals surface area (Å²) in [6.07, 6.45) is 0. The van der Waals surface area contributed by atoms with Crippen LogP contribution in [0.3, 0.4) is 0 Å². The van der Waals surface area contributed by atoms with Crippen LogP contribution in [0, 0.1) is 0 Å². The van der Waals surface area contributed by atoms with Crippen LogP contribution >= 0.6 is 0 Å². The first kappa shape index (κ1) is 22.5. The summed E-state index contributed by atoms with van der Waals surface area (Å²) < 4.78 is 18.7. The molecule has 5 aromatic rings. The van der Waals surface area contributed by atoms with Gasteiger partial charge in [-0.05, 0) is 42.5 Å². The van der Waals surface area contributed by atoms with E-state index in [4.69, 9.17) is 14.2 Å². The van der Waals surface area contributed by atoms with Gasteiger partial charge in [0.25, 0.3) is 0 Å². The minimum atomic E-state index is -0.459. The van der Waals surface area contributed by atoms with Crippen molar-refractivity contribution in [1.29, 1.82) is 0 Å². The zero-order valence-corrected chi connectivity index (χ0v) is 20.0. The number of carbonyl (C=O) groups is 1. The second kappa shape index (κ2) is 9.62. The third-order valence-electron chi connectivity index (χ3n) is 6.18. The van der Waals surface area contributed by atoms with Gasteiger partial charge in [-0.2, -0.15) is 4.52 Å². The van der Waals surface area contributed by atoms with Gasteiger partial charge in [0.2, 0.25) is 11.8 Å². The number of para-hydroxylation sites is 2. The maximum Gasteiger partial charge on any atom is 0.232 e. The average molecular weight is 494 g/mol. The van der Waals surface area contributed by atoms with Gasteiger partial charge in [-0.3, -0.25) is 4.79 Å². The Hall–Kier alpha value is -4.92. The number of carbonyl (C=O) groups excluding carboxylic acids is 1. The Morgan fingerprint density at radius 1 is 0.919 bits per heavy atom. The van der Waals surface area contributed by atoms with Crippen molar-refractivity contribution >= 4 is 11.6 Å². The van der Waals surface area contributed by atoms with Crippen LogP contribution in [-0.2, 0) is 4.79 Å². The maximum atomic E-state index is 13.3. The van der Waals surface area contributed by atoms with E-state index < -0.39 is 5.92 Å². The molecular weight excluding hydrogens is 470 g/mol. The highest BCUT2D eigenvalue weighted by Gasteiger charge is 2.32. The number of amides is 1. The second-order valence-corrected chi connectivity index (χ2v) is 8.44. The van der Waals surface area contributed by atoms with Crippen molar-refractivity contribution in [2.24, 2.45) is 0 Å². The lowest BCUT2D eigenvalue weighted by atomic mass is 9.87. The van der Waals surface area contributed by atoms with Crippen LogP contribution in [0.1, 0.15) is 17.0 Å². The molecule has 1 aliphatic rings. The Morgan fingerprint density at radius 2 is 1.62 bits per heavy atom. The molecule has 1 aliphatic heterocycles. The van der Waals surface area contributed by atoms with Crippen LogP contribution in [0.2, 0.25) is 0 Å². The highest BCUT2D eigenvalue weighted by Crippen LogP contribution is 2.43. The van der Waals surface area contributed by atoms with Gasteiger partial charge in [-0.15, -0.1) is 15.3 Å². The number of hydrogen-bond acceptors (Lipinski definition) is 7. The molecule has 0 atom stereocenters. The zero-order valence-electron chi connectivity index (χ0n) is 20.0. The van der Waals surface area contributed by atoms with Crippen LogP contribution in [0.25, 0.3) is 17.0 Å². The number of ether oxygens (including phenoxy) is 3. The lowest BCUT2D eigenvalue weighted by Gasteiger charge is -2.27. The fraction of sp³-hybridized carbons (Fsp3) is 0.143. The molecule has 3 aromatic carbocycles. The van der Waals surface area contributed by atoms with E-state index in [0.29, 0.717) is 35.4 Å². The molecule has 1 amide bonds. The molecule has 9 nitrogen and oxygen atoms in total. The van der Waals surface area contributed by atoms with Crippen LogP contribution in [0.15, 0.2) is 84.9 Å². The van der Waals surface area contributed by atoms with E-state index in [9.17, 15) is 4.79 Å². The molecule has 9 heteroatoms. The Balaban J connectivity index is 1.13. The minimum absolute atomic E-state index is 0.115. The van der Waals surface area contributed by atoms with Crippen molar-refractivity contribution in [3.05, 3.63) is 96.1 Å². The van der Waals surface area contributed by atoms with Crippen molar-refractivity contribution in [2.45, 2.75) is 5.92 Å². The smallest absolute Gasteiger partial charge is 0.232 e.